The molecule has 0 unspecified atom stereocenters. The fourth-order valence-corrected chi connectivity index (χ4v) is 3.44. The molecule has 2 aromatic carbocycles. The maximum atomic E-state index is 12.3. The number of esters is 1. The zero-order valence-electron chi connectivity index (χ0n) is 14.5. The number of benzene rings is 2. The molecule has 2 aromatic rings. The van der Waals surface area contributed by atoms with Crippen LogP contribution >= 0.6 is 0 Å². The number of ether oxygens (including phenoxy) is 2. The Kier molecular flexibility index (Phi) is 4.61. The Bertz CT molecular complexity index is 828. The third-order valence-electron chi connectivity index (χ3n) is 5.08. The second-order valence-corrected chi connectivity index (χ2v) is 6.72. The minimum Gasteiger partial charge on any atom is -0.482 e. The van der Waals surface area contributed by atoms with Crippen LogP contribution in [0.4, 0.5) is 5.69 Å². The zero-order valence-corrected chi connectivity index (χ0v) is 14.5. The topological polar surface area (TPSA) is 55.8 Å². The number of anilines is 1. The maximum absolute atomic E-state index is 12.3. The molecule has 1 aliphatic carbocycles. The number of fused-ring (bicyclic) bond motifs is 1. The minimum absolute atomic E-state index is 0.0607. The van der Waals surface area contributed by atoms with Crippen LogP contribution < -0.4 is 9.64 Å². The van der Waals surface area contributed by atoms with Crippen LogP contribution in [0.1, 0.15) is 36.3 Å². The summed E-state index contributed by atoms with van der Waals surface area (Å²) in [6.07, 6.45) is 3.66. The maximum Gasteiger partial charge on any atom is 0.326 e. The third kappa shape index (κ3) is 3.29. The summed E-state index contributed by atoms with van der Waals surface area (Å²) in [6, 6.07) is 15.3. The average Bonchev–Trinajstić information content (AvgIpc) is 2.62. The lowest BCUT2D eigenvalue weighted by atomic mass is 9.78. The molecule has 1 heterocycles. The van der Waals surface area contributed by atoms with E-state index in [2.05, 4.69) is 6.07 Å². The van der Waals surface area contributed by atoms with Gasteiger partial charge in [0.25, 0.3) is 5.91 Å². The molecule has 0 saturated heterocycles. The van der Waals surface area contributed by atoms with E-state index in [1.165, 1.54) is 29.7 Å². The number of carbonyl (C=O) groups is 2. The summed E-state index contributed by atoms with van der Waals surface area (Å²) in [4.78, 5) is 25.9. The van der Waals surface area contributed by atoms with Gasteiger partial charge in [-0.1, -0.05) is 42.8 Å². The molecule has 2 aliphatic rings. The summed E-state index contributed by atoms with van der Waals surface area (Å²) in [5.74, 6) is 0.529. The Morgan fingerprint density at radius 2 is 1.88 bits per heavy atom. The Morgan fingerprint density at radius 1 is 1.12 bits per heavy atom. The number of hydrogen-bond donors (Lipinski definition) is 0. The molecule has 0 bridgehead atoms. The predicted molar refractivity (Wildman–Crippen MR) is 97.1 cm³/mol. The van der Waals surface area contributed by atoms with Crippen molar-refractivity contribution >= 4 is 17.6 Å². The highest BCUT2D eigenvalue weighted by Gasteiger charge is 2.28. The van der Waals surface area contributed by atoms with Gasteiger partial charge in [0, 0.05) is 0 Å². The highest BCUT2D eigenvalue weighted by Crippen LogP contribution is 2.38. The normalized spacial score (nSPS) is 16.5. The lowest BCUT2D eigenvalue weighted by Crippen LogP contribution is -2.42. The van der Waals surface area contributed by atoms with Gasteiger partial charge in [0.15, 0.2) is 6.61 Å². The van der Waals surface area contributed by atoms with Crippen LogP contribution in [0.15, 0.2) is 48.5 Å². The van der Waals surface area contributed by atoms with E-state index >= 15 is 0 Å². The SMILES string of the molecule is O=C(CN1C(=O)COc2ccccc21)OCc1ccccc1C1CCC1. The van der Waals surface area contributed by atoms with Crippen LogP contribution in [0, 0.1) is 0 Å². The monoisotopic (exact) mass is 351 g/mol. The smallest absolute Gasteiger partial charge is 0.326 e. The number of para-hydroxylation sites is 2. The predicted octanol–water partition coefficient (Wildman–Crippen LogP) is 3.42. The van der Waals surface area contributed by atoms with Crippen LogP contribution in [-0.2, 0) is 20.9 Å². The van der Waals surface area contributed by atoms with Gasteiger partial charge in [0.05, 0.1) is 5.69 Å². The van der Waals surface area contributed by atoms with E-state index in [9.17, 15) is 9.59 Å². The largest absolute Gasteiger partial charge is 0.482 e. The number of nitrogens with zero attached hydrogens (tertiary/aromatic N) is 1. The molecule has 4 rings (SSSR count). The van der Waals surface area contributed by atoms with Crippen molar-refractivity contribution in [1.82, 2.24) is 0 Å². The molecule has 0 spiro atoms. The van der Waals surface area contributed by atoms with E-state index in [1.807, 2.05) is 30.3 Å². The molecular weight excluding hydrogens is 330 g/mol. The van der Waals surface area contributed by atoms with Crippen LogP contribution in [0.2, 0.25) is 0 Å². The summed E-state index contributed by atoms with van der Waals surface area (Å²) in [5, 5.41) is 0. The third-order valence-corrected chi connectivity index (χ3v) is 5.08. The number of amides is 1. The fraction of sp³-hybridized carbons (Fsp3) is 0.333. The van der Waals surface area contributed by atoms with Gasteiger partial charge in [-0.05, 0) is 42.0 Å². The molecule has 5 heteroatoms. The summed E-state index contributed by atoms with van der Waals surface area (Å²) < 4.78 is 10.9. The van der Waals surface area contributed by atoms with Gasteiger partial charge in [0.2, 0.25) is 0 Å². The van der Waals surface area contributed by atoms with Crippen molar-refractivity contribution in [2.75, 3.05) is 18.1 Å². The van der Waals surface area contributed by atoms with Crippen molar-refractivity contribution in [3.8, 4) is 5.75 Å². The first-order valence-electron chi connectivity index (χ1n) is 8.98. The average molecular weight is 351 g/mol. The second kappa shape index (κ2) is 7.20. The first kappa shape index (κ1) is 16.6. The molecule has 0 aromatic heterocycles. The van der Waals surface area contributed by atoms with Crippen molar-refractivity contribution in [3.63, 3.8) is 0 Å². The molecule has 0 radical (unpaired) electrons. The van der Waals surface area contributed by atoms with Crippen molar-refractivity contribution < 1.29 is 19.1 Å². The Morgan fingerprint density at radius 3 is 2.69 bits per heavy atom. The molecule has 1 fully saturated rings. The van der Waals surface area contributed by atoms with Crippen molar-refractivity contribution in [3.05, 3.63) is 59.7 Å². The first-order chi connectivity index (χ1) is 12.7. The van der Waals surface area contributed by atoms with Gasteiger partial charge >= 0.3 is 5.97 Å². The Balaban J connectivity index is 1.41. The molecule has 1 aliphatic heterocycles. The van der Waals surface area contributed by atoms with E-state index in [0.717, 1.165) is 5.56 Å². The molecule has 0 N–H and O–H groups in total. The van der Waals surface area contributed by atoms with Crippen LogP contribution in [-0.4, -0.2) is 25.0 Å². The van der Waals surface area contributed by atoms with E-state index in [4.69, 9.17) is 9.47 Å². The van der Waals surface area contributed by atoms with Gasteiger partial charge in [-0.15, -0.1) is 0 Å². The highest BCUT2D eigenvalue weighted by atomic mass is 16.5. The van der Waals surface area contributed by atoms with Crippen LogP contribution in [0.25, 0.3) is 0 Å². The van der Waals surface area contributed by atoms with E-state index in [1.54, 1.807) is 12.1 Å². The molecule has 5 nitrogen and oxygen atoms in total. The highest BCUT2D eigenvalue weighted by molar-refractivity contribution is 6.01. The van der Waals surface area contributed by atoms with Gasteiger partial charge in [-0.2, -0.15) is 0 Å². The Hall–Kier alpha value is -2.82. The van der Waals surface area contributed by atoms with E-state index < -0.39 is 5.97 Å². The van der Waals surface area contributed by atoms with Crippen molar-refractivity contribution in [1.29, 1.82) is 0 Å². The van der Waals surface area contributed by atoms with Gasteiger partial charge in [-0.25, -0.2) is 0 Å². The van der Waals surface area contributed by atoms with Gasteiger partial charge < -0.3 is 9.47 Å². The lowest BCUT2D eigenvalue weighted by Gasteiger charge is -2.29. The summed E-state index contributed by atoms with van der Waals surface area (Å²) >= 11 is 0. The van der Waals surface area contributed by atoms with Crippen LogP contribution in [0.5, 0.6) is 5.75 Å². The van der Waals surface area contributed by atoms with Crippen LogP contribution in [0.3, 0.4) is 0 Å². The molecular formula is C21H21NO4. The summed E-state index contributed by atoms with van der Waals surface area (Å²) in [5.41, 5.74) is 2.94. The minimum atomic E-state index is -0.418. The number of carbonyl (C=O) groups excluding carboxylic acids is 2. The standard InChI is InChI=1S/C21H21NO4/c23-20-14-25-19-11-4-3-10-18(19)22(20)12-21(24)26-13-16-6-1-2-9-17(16)15-7-5-8-15/h1-4,6,9-11,15H,5,7-8,12-14H2. The van der Waals surface area contributed by atoms with Crippen molar-refractivity contribution in [2.24, 2.45) is 0 Å². The summed E-state index contributed by atoms with van der Waals surface area (Å²) in [7, 11) is 0. The second-order valence-electron chi connectivity index (χ2n) is 6.72. The van der Waals surface area contributed by atoms with E-state index in [-0.39, 0.29) is 25.7 Å². The zero-order chi connectivity index (χ0) is 17.9. The van der Waals surface area contributed by atoms with Gasteiger partial charge in [0.1, 0.15) is 18.9 Å². The first-order valence-corrected chi connectivity index (χ1v) is 8.98. The van der Waals surface area contributed by atoms with Crippen molar-refractivity contribution in [2.45, 2.75) is 31.8 Å². The quantitative estimate of drug-likeness (QED) is 0.775. The fourth-order valence-electron chi connectivity index (χ4n) is 3.44. The molecule has 1 saturated carbocycles. The molecule has 134 valence electrons. The lowest BCUT2D eigenvalue weighted by molar-refractivity contribution is -0.144. The number of rotatable bonds is 5. The summed E-state index contributed by atoms with van der Waals surface area (Å²) in [6.45, 7) is 0.0747. The number of hydrogen-bond acceptors (Lipinski definition) is 4. The molecule has 26 heavy (non-hydrogen) atoms. The Labute approximate surface area is 152 Å². The van der Waals surface area contributed by atoms with E-state index in [0.29, 0.717) is 17.4 Å². The molecule has 0 atom stereocenters. The molecule has 1 amide bonds. The van der Waals surface area contributed by atoms with Gasteiger partial charge in [-0.3, -0.25) is 14.5 Å².